The number of rotatable bonds is 5. The van der Waals surface area contributed by atoms with Crippen molar-refractivity contribution >= 4 is 24.6 Å². The van der Waals surface area contributed by atoms with Gasteiger partial charge in [-0.2, -0.15) is 12.6 Å². The highest BCUT2D eigenvalue weighted by Crippen LogP contribution is 2.27. The van der Waals surface area contributed by atoms with Crippen molar-refractivity contribution in [3.63, 3.8) is 0 Å². The minimum Gasteiger partial charge on any atom is -0.508 e. The summed E-state index contributed by atoms with van der Waals surface area (Å²) in [6.07, 6.45) is 0. The standard InChI is InChI=1S/C14H19NO4S/c1-8(10-3-5-11(16)6-4-10)12(7-20)14(18)19-13(17)9(2)15/h3-6,8-9,12,16,20H,7,15H2,1-2H3/t8?,9-,12?/m0/s1. The second kappa shape index (κ2) is 7.31. The monoisotopic (exact) mass is 297 g/mol. The number of thiol groups is 1. The van der Waals surface area contributed by atoms with Crippen LogP contribution >= 0.6 is 12.6 Å². The van der Waals surface area contributed by atoms with Crippen LogP contribution in [0.4, 0.5) is 0 Å². The first kappa shape index (κ1) is 16.5. The van der Waals surface area contributed by atoms with E-state index < -0.39 is 23.9 Å². The van der Waals surface area contributed by atoms with Gasteiger partial charge in [-0.05, 0) is 30.5 Å². The summed E-state index contributed by atoms with van der Waals surface area (Å²) in [7, 11) is 0. The number of phenolic OH excluding ortho intramolecular Hbond substituents is 1. The van der Waals surface area contributed by atoms with E-state index in [4.69, 9.17) is 10.5 Å². The van der Waals surface area contributed by atoms with Gasteiger partial charge in [0.05, 0.1) is 5.92 Å². The van der Waals surface area contributed by atoms with E-state index in [9.17, 15) is 14.7 Å². The highest BCUT2D eigenvalue weighted by molar-refractivity contribution is 7.80. The Morgan fingerprint density at radius 2 is 1.80 bits per heavy atom. The summed E-state index contributed by atoms with van der Waals surface area (Å²) in [6.45, 7) is 3.29. The van der Waals surface area contributed by atoms with Crippen molar-refractivity contribution in [2.45, 2.75) is 25.8 Å². The molecule has 0 bridgehead atoms. The van der Waals surface area contributed by atoms with Gasteiger partial charge < -0.3 is 15.6 Å². The van der Waals surface area contributed by atoms with E-state index in [0.29, 0.717) is 0 Å². The van der Waals surface area contributed by atoms with Crippen LogP contribution in [-0.4, -0.2) is 28.8 Å². The topological polar surface area (TPSA) is 89.6 Å². The van der Waals surface area contributed by atoms with Crippen LogP contribution in [0.3, 0.4) is 0 Å². The number of esters is 2. The number of aromatic hydroxyl groups is 1. The molecule has 0 saturated heterocycles. The maximum Gasteiger partial charge on any atom is 0.330 e. The second-order valence-electron chi connectivity index (χ2n) is 4.70. The summed E-state index contributed by atoms with van der Waals surface area (Å²) < 4.78 is 4.73. The zero-order chi connectivity index (χ0) is 15.3. The maximum atomic E-state index is 12.0. The van der Waals surface area contributed by atoms with Crippen LogP contribution in [0.15, 0.2) is 24.3 Å². The first-order valence-electron chi connectivity index (χ1n) is 6.27. The quantitative estimate of drug-likeness (QED) is 0.435. The third kappa shape index (κ3) is 4.25. The van der Waals surface area contributed by atoms with Crippen LogP contribution < -0.4 is 5.73 Å². The highest BCUT2D eigenvalue weighted by atomic mass is 32.1. The molecule has 0 aliphatic carbocycles. The molecule has 1 rings (SSSR count). The summed E-state index contributed by atoms with van der Waals surface area (Å²) in [6, 6.07) is 5.68. The maximum absolute atomic E-state index is 12.0. The summed E-state index contributed by atoms with van der Waals surface area (Å²) in [5.41, 5.74) is 6.21. The Balaban J connectivity index is 2.81. The van der Waals surface area contributed by atoms with Gasteiger partial charge >= 0.3 is 11.9 Å². The zero-order valence-electron chi connectivity index (χ0n) is 11.4. The molecule has 6 heteroatoms. The molecule has 0 radical (unpaired) electrons. The van der Waals surface area contributed by atoms with Crippen molar-refractivity contribution in [2.75, 3.05) is 5.75 Å². The van der Waals surface area contributed by atoms with Crippen molar-refractivity contribution in [1.29, 1.82) is 0 Å². The fraction of sp³-hybridized carbons (Fsp3) is 0.429. The average molecular weight is 297 g/mol. The summed E-state index contributed by atoms with van der Waals surface area (Å²) in [4.78, 5) is 23.3. The van der Waals surface area contributed by atoms with Crippen LogP contribution in [0.2, 0.25) is 0 Å². The van der Waals surface area contributed by atoms with Gasteiger partial charge in [0.1, 0.15) is 11.8 Å². The van der Waals surface area contributed by atoms with Gasteiger partial charge in [0.15, 0.2) is 0 Å². The summed E-state index contributed by atoms with van der Waals surface area (Å²) >= 11 is 4.15. The Morgan fingerprint density at radius 3 is 2.25 bits per heavy atom. The van der Waals surface area contributed by atoms with Gasteiger partial charge in [0, 0.05) is 5.75 Å². The van der Waals surface area contributed by atoms with E-state index >= 15 is 0 Å². The Bertz CT molecular complexity index is 473. The fourth-order valence-electron chi connectivity index (χ4n) is 1.71. The van der Waals surface area contributed by atoms with E-state index in [1.54, 1.807) is 24.3 Å². The first-order chi connectivity index (χ1) is 9.36. The predicted octanol–water partition coefficient (Wildman–Crippen LogP) is 1.46. The average Bonchev–Trinajstić information content (AvgIpc) is 2.39. The smallest absolute Gasteiger partial charge is 0.330 e. The molecule has 110 valence electrons. The van der Waals surface area contributed by atoms with E-state index in [1.807, 2.05) is 6.92 Å². The molecule has 0 amide bonds. The molecule has 0 fully saturated rings. The molecule has 0 saturated carbocycles. The molecule has 3 atom stereocenters. The fourth-order valence-corrected chi connectivity index (χ4v) is 2.18. The second-order valence-corrected chi connectivity index (χ2v) is 5.06. The highest BCUT2D eigenvalue weighted by Gasteiger charge is 2.29. The number of hydrogen-bond donors (Lipinski definition) is 3. The molecular formula is C14H19NO4S. The lowest BCUT2D eigenvalue weighted by molar-refractivity contribution is -0.163. The molecule has 2 unspecified atom stereocenters. The molecule has 1 aromatic carbocycles. The van der Waals surface area contributed by atoms with Gasteiger partial charge in [-0.1, -0.05) is 19.1 Å². The third-order valence-corrected chi connectivity index (χ3v) is 3.49. The van der Waals surface area contributed by atoms with Gasteiger partial charge in [-0.15, -0.1) is 0 Å². The predicted molar refractivity (Wildman–Crippen MR) is 78.6 cm³/mol. The van der Waals surface area contributed by atoms with Crippen LogP contribution in [0, 0.1) is 5.92 Å². The largest absolute Gasteiger partial charge is 0.508 e. The number of nitrogens with two attached hydrogens (primary N) is 1. The SMILES string of the molecule is CC(c1ccc(O)cc1)C(CS)C(=O)OC(=O)[C@H](C)N. The van der Waals surface area contributed by atoms with E-state index in [1.165, 1.54) is 6.92 Å². The minimum absolute atomic E-state index is 0.151. The lowest BCUT2D eigenvalue weighted by Gasteiger charge is -2.21. The van der Waals surface area contributed by atoms with Crippen molar-refractivity contribution in [3.8, 4) is 5.75 Å². The minimum atomic E-state index is -0.844. The normalized spacial score (nSPS) is 15.2. The molecule has 0 aromatic heterocycles. The Hall–Kier alpha value is -1.53. The molecule has 0 aliphatic heterocycles. The van der Waals surface area contributed by atoms with Crippen molar-refractivity contribution in [1.82, 2.24) is 0 Å². The van der Waals surface area contributed by atoms with Crippen LogP contribution in [-0.2, 0) is 14.3 Å². The Labute approximate surface area is 123 Å². The number of phenols is 1. The number of benzene rings is 1. The lowest BCUT2D eigenvalue weighted by atomic mass is 9.89. The first-order valence-corrected chi connectivity index (χ1v) is 6.91. The summed E-state index contributed by atoms with van der Waals surface area (Å²) in [5.74, 6) is -1.75. The number of hydrogen-bond acceptors (Lipinski definition) is 6. The van der Waals surface area contributed by atoms with Gasteiger partial charge in [0.2, 0.25) is 0 Å². The lowest BCUT2D eigenvalue weighted by Crippen LogP contribution is -2.34. The van der Waals surface area contributed by atoms with Gasteiger partial charge in [-0.3, -0.25) is 4.79 Å². The van der Waals surface area contributed by atoms with E-state index in [-0.39, 0.29) is 17.4 Å². The van der Waals surface area contributed by atoms with Gasteiger partial charge in [0.25, 0.3) is 0 Å². The molecule has 0 aliphatic rings. The zero-order valence-corrected chi connectivity index (χ0v) is 12.3. The van der Waals surface area contributed by atoms with Crippen LogP contribution in [0.25, 0.3) is 0 Å². The number of ether oxygens (including phenoxy) is 1. The molecule has 3 N–H and O–H groups in total. The Kier molecular flexibility index (Phi) is 6.04. The van der Waals surface area contributed by atoms with Crippen LogP contribution in [0.1, 0.15) is 25.3 Å². The van der Waals surface area contributed by atoms with Crippen LogP contribution in [0.5, 0.6) is 5.75 Å². The molecule has 1 aromatic rings. The number of carbonyl (C=O) groups is 2. The Morgan fingerprint density at radius 1 is 1.25 bits per heavy atom. The van der Waals surface area contributed by atoms with E-state index in [0.717, 1.165) is 5.56 Å². The van der Waals surface area contributed by atoms with E-state index in [2.05, 4.69) is 12.6 Å². The molecule has 20 heavy (non-hydrogen) atoms. The molecule has 5 nitrogen and oxygen atoms in total. The van der Waals surface area contributed by atoms with Gasteiger partial charge in [-0.25, -0.2) is 4.79 Å². The molecular weight excluding hydrogens is 278 g/mol. The molecule has 0 heterocycles. The van der Waals surface area contributed by atoms with Crippen molar-refractivity contribution < 1.29 is 19.4 Å². The number of carbonyl (C=O) groups excluding carboxylic acids is 2. The van der Waals surface area contributed by atoms with Crippen molar-refractivity contribution in [3.05, 3.63) is 29.8 Å². The summed E-state index contributed by atoms with van der Waals surface area (Å²) in [5, 5.41) is 9.26. The van der Waals surface area contributed by atoms with Crippen molar-refractivity contribution in [2.24, 2.45) is 11.7 Å². The third-order valence-electron chi connectivity index (χ3n) is 3.09. The molecule has 0 spiro atoms.